The maximum atomic E-state index is 14.2. The van der Waals surface area contributed by atoms with Crippen LogP contribution in [-0.4, -0.2) is 73.2 Å². The summed E-state index contributed by atoms with van der Waals surface area (Å²) < 4.78 is 77.7. The molecule has 0 unspecified atom stereocenters. The van der Waals surface area contributed by atoms with Gasteiger partial charge in [0.15, 0.2) is 0 Å². The predicted molar refractivity (Wildman–Crippen MR) is 312 cm³/mol. The number of hydrogen-bond donors (Lipinski definition) is 0. The molecule has 1 fully saturated rings. The van der Waals surface area contributed by atoms with Crippen LogP contribution >= 0.6 is 11.3 Å². The Balaban J connectivity index is 0.959. The Labute approximate surface area is 476 Å². The maximum Gasteiger partial charge on any atom is 0.408 e. The van der Waals surface area contributed by atoms with Crippen LogP contribution in [0.25, 0.3) is 21.0 Å². The van der Waals surface area contributed by atoms with Crippen molar-refractivity contribution in [3.8, 4) is 17.4 Å². The van der Waals surface area contributed by atoms with E-state index < -0.39 is 30.6 Å². The van der Waals surface area contributed by atoms with E-state index in [2.05, 4.69) is 46.9 Å². The third kappa shape index (κ3) is 19.9. The first kappa shape index (κ1) is 61.1. The zero-order valence-electron chi connectivity index (χ0n) is 46.4. The molecule has 1 saturated carbocycles. The van der Waals surface area contributed by atoms with Crippen LogP contribution in [0.2, 0.25) is 0 Å². The number of esters is 3. The molecule has 1 aliphatic carbocycles. The molecule has 4 aromatic carbocycles. The fourth-order valence-corrected chi connectivity index (χ4v) is 10.7. The Bertz CT molecular complexity index is 3050. The highest BCUT2D eigenvalue weighted by Crippen LogP contribution is 2.39. The highest BCUT2D eigenvalue weighted by molar-refractivity contribution is 7.23. The van der Waals surface area contributed by atoms with E-state index in [1.165, 1.54) is 11.8 Å². The van der Waals surface area contributed by atoms with Crippen molar-refractivity contribution in [2.24, 2.45) is 16.9 Å². The molecule has 2 heterocycles. The summed E-state index contributed by atoms with van der Waals surface area (Å²) in [6, 6.07) is 28.7. The SMILES string of the molecule is C=CC(=O)OCCCCCCOc1ccc(COc2ccc(COc3ccc(C4CCC(CCCC(CCOC(=O)C(=C)C)CCOC(=O)C(=C)C)CC4)cc3)cc2/C=N/N(CC(F)(F)F)c2nc3ccc4ccccc4c3s2)cn1. The van der Waals surface area contributed by atoms with E-state index >= 15 is 0 Å². The molecule has 17 heteroatoms. The highest BCUT2D eigenvalue weighted by Gasteiger charge is 2.33. The second kappa shape index (κ2) is 30.9. The number of aromatic nitrogens is 2. The molecule has 0 spiro atoms. The number of unbranched alkanes of at least 4 members (excludes halogenated alkanes) is 3. The normalized spacial score (nSPS) is 14.4. The van der Waals surface area contributed by atoms with Gasteiger partial charge >= 0.3 is 24.1 Å². The number of benzene rings is 4. The quantitative estimate of drug-likeness (QED) is 0.00988. The summed E-state index contributed by atoms with van der Waals surface area (Å²) in [7, 11) is 0. The number of alkyl halides is 3. The Kier molecular flexibility index (Phi) is 23.3. The minimum absolute atomic E-state index is 0.101. The van der Waals surface area contributed by atoms with Crippen molar-refractivity contribution in [1.29, 1.82) is 0 Å². The van der Waals surface area contributed by atoms with Crippen molar-refractivity contribution in [2.45, 2.75) is 123 Å². The van der Waals surface area contributed by atoms with Crippen LogP contribution in [0.3, 0.4) is 0 Å². The largest absolute Gasteiger partial charge is 0.489 e. The molecular formula is C64H73F3N4O9S. The van der Waals surface area contributed by atoms with Gasteiger partial charge < -0.3 is 28.4 Å². The van der Waals surface area contributed by atoms with Gasteiger partial charge in [-0.2, -0.15) is 18.3 Å². The number of fused-ring (bicyclic) bond motifs is 3. The number of carbonyl (C=O) groups is 3. The molecule has 81 heavy (non-hydrogen) atoms. The van der Waals surface area contributed by atoms with Gasteiger partial charge in [0, 0.05) is 46.0 Å². The maximum absolute atomic E-state index is 14.2. The molecule has 430 valence electrons. The standard InChI is InChI=1S/C64H73F3N4O9S/c1-6-59(72)76-35-12-8-7-11-34-75-58-31-21-49(39-68-58)42-80-57-30-20-48(38-53(57)40-69-71(43-64(65,66)67)63-70-56-29-26-52-16-9-10-17-55(52)60(56)81-63)41-79-54-27-24-51(25-28-54)50-22-18-46(19-23-50)14-13-15-47(32-36-77-61(73)44(2)3)33-37-78-62(74)45(4)5/h6,9-10,16-17,20-21,24-31,38-40,46-47,50H,1-2,4,7-8,11-15,18-19,22-23,32-37,41-43H2,3,5H3/b69-40+. The monoisotopic (exact) mass is 1130 g/mol. The number of anilines is 1. The number of nitrogens with zero attached hydrogens (tertiary/aromatic N) is 4. The lowest BCUT2D eigenvalue weighted by molar-refractivity contribution is -0.140. The first-order valence-corrected chi connectivity index (χ1v) is 28.6. The number of hydrazone groups is 1. The van der Waals surface area contributed by atoms with Crippen LogP contribution in [-0.2, 0) is 41.8 Å². The van der Waals surface area contributed by atoms with Gasteiger partial charge in [0.2, 0.25) is 11.0 Å². The van der Waals surface area contributed by atoms with Crippen LogP contribution in [0.4, 0.5) is 18.3 Å². The van der Waals surface area contributed by atoms with E-state index in [4.69, 9.17) is 28.4 Å². The summed E-state index contributed by atoms with van der Waals surface area (Å²) in [6.07, 6.45) is 11.9. The molecule has 6 aromatic rings. The average Bonchev–Trinajstić information content (AvgIpc) is 3.93. The second-order valence-electron chi connectivity index (χ2n) is 20.6. The first-order chi connectivity index (χ1) is 39.1. The number of hydrogen-bond acceptors (Lipinski definition) is 14. The Morgan fingerprint density at radius 1 is 0.753 bits per heavy atom. The number of halogens is 3. The van der Waals surface area contributed by atoms with Gasteiger partial charge in [-0.25, -0.2) is 29.4 Å². The summed E-state index contributed by atoms with van der Waals surface area (Å²) in [5, 5.41) is 7.27. The fourth-order valence-electron chi connectivity index (χ4n) is 9.64. The summed E-state index contributed by atoms with van der Waals surface area (Å²) in [5.74, 6) is 1.66. The van der Waals surface area contributed by atoms with Crippen LogP contribution < -0.4 is 19.2 Å². The third-order valence-corrected chi connectivity index (χ3v) is 15.3. The van der Waals surface area contributed by atoms with E-state index in [0.29, 0.717) is 90.7 Å². The molecular weight excluding hydrogens is 1060 g/mol. The lowest BCUT2D eigenvalue weighted by Gasteiger charge is -2.29. The number of carbonyl (C=O) groups excluding carboxylic acids is 3. The van der Waals surface area contributed by atoms with Gasteiger partial charge in [0.25, 0.3) is 0 Å². The van der Waals surface area contributed by atoms with Crippen molar-refractivity contribution >= 4 is 61.6 Å². The molecule has 1 aliphatic rings. The summed E-state index contributed by atoms with van der Waals surface area (Å²) in [6.45, 7) is 14.4. The minimum Gasteiger partial charge on any atom is -0.489 e. The number of thiazole rings is 1. The van der Waals surface area contributed by atoms with Crippen molar-refractivity contribution in [3.63, 3.8) is 0 Å². The predicted octanol–water partition coefficient (Wildman–Crippen LogP) is 15.2. The molecule has 0 N–H and O–H groups in total. The van der Waals surface area contributed by atoms with E-state index in [1.54, 1.807) is 38.2 Å². The van der Waals surface area contributed by atoms with E-state index in [-0.39, 0.29) is 24.3 Å². The summed E-state index contributed by atoms with van der Waals surface area (Å²) in [5.41, 5.74) is 4.53. The van der Waals surface area contributed by atoms with Crippen LogP contribution in [0.1, 0.15) is 125 Å². The average molecular weight is 1130 g/mol. The van der Waals surface area contributed by atoms with Crippen LogP contribution in [0, 0.1) is 11.8 Å². The van der Waals surface area contributed by atoms with E-state index in [1.807, 2.05) is 60.7 Å². The third-order valence-electron chi connectivity index (χ3n) is 14.2. The van der Waals surface area contributed by atoms with Crippen LogP contribution in [0.15, 0.2) is 139 Å². The smallest absolute Gasteiger partial charge is 0.408 e. The Hall–Kier alpha value is -7.53. The molecule has 0 radical (unpaired) electrons. The van der Waals surface area contributed by atoms with E-state index in [0.717, 1.165) is 120 Å². The zero-order valence-corrected chi connectivity index (χ0v) is 47.2. The van der Waals surface area contributed by atoms with Gasteiger partial charge in [-0.3, -0.25) is 0 Å². The fraction of sp³-hybridized carbons (Fsp3) is 0.406. The van der Waals surface area contributed by atoms with Crippen molar-refractivity contribution in [3.05, 3.63) is 156 Å². The van der Waals surface area contributed by atoms with Crippen LogP contribution in [0.5, 0.6) is 17.4 Å². The van der Waals surface area contributed by atoms with Gasteiger partial charge in [-0.1, -0.05) is 98.9 Å². The summed E-state index contributed by atoms with van der Waals surface area (Å²) in [4.78, 5) is 44.2. The van der Waals surface area contributed by atoms with Crippen molar-refractivity contribution < 1.29 is 56.0 Å². The molecule has 0 saturated heterocycles. The van der Waals surface area contributed by atoms with Gasteiger partial charge in [0.1, 0.15) is 31.3 Å². The number of ether oxygens (including phenoxy) is 6. The van der Waals surface area contributed by atoms with Crippen molar-refractivity contribution in [1.82, 2.24) is 9.97 Å². The molecule has 2 aromatic heterocycles. The number of rotatable bonds is 32. The summed E-state index contributed by atoms with van der Waals surface area (Å²) >= 11 is 1.15. The first-order valence-electron chi connectivity index (χ1n) is 27.8. The second-order valence-corrected chi connectivity index (χ2v) is 21.6. The molecule has 0 bridgehead atoms. The van der Waals surface area contributed by atoms with E-state index in [9.17, 15) is 27.6 Å². The zero-order chi connectivity index (χ0) is 57.6. The lowest BCUT2D eigenvalue weighted by atomic mass is 9.76. The Morgan fingerprint density at radius 3 is 2.12 bits per heavy atom. The Morgan fingerprint density at radius 2 is 1.44 bits per heavy atom. The minimum atomic E-state index is -4.59. The molecule has 7 rings (SSSR count). The van der Waals surface area contributed by atoms with Gasteiger partial charge in [-0.15, -0.1) is 0 Å². The molecule has 0 atom stereocenters. The molecule has 0 aliphatic heterocycles. The van der Waals surface area contributed by atoms with Gasteiger partial charge in [-0.05, 0) is 149 Å². The molecule has 0 amide bonds. The highest BCUT2D eigenvalue weighted by atomic mass is 32.1. The van der Waals surface area contributed by atoms with Gasteiger partial charge in [0.05, 0.1) is 42.9 Å². The van der Waals surface area contributed by atoms with Crippen molar-refractivity contribution in [2.75, 3.05) is 38.0 Å². The topological polar surface area (TPSA) is 148 Å². The number of pyridine rings is 1. The molecule has 13 nitrogen and oxygen atoms in total. The lowest BCUT2D eigenvalue weighted by Crippen LogP contribution is -2.30.